The van der Waals surface area contributed by atoms with Gasteiger partial charge in [-0.15, -0.1) is 11.8 Å². The third-order valence-electron chi connectivity index (χ3n) is 4.13. The Hall–Kier alpha value is -3.39. The van der Waals surface area contributed by atoms with Crippen molar-refractivity contribution >= 4 is 35.0 Å². The third-order valence-corrected chi connectivity index (χ3v) is 5.24. The monoisotopic (exact) mass is 422 g/mol. The predicted octanol–water partition coefficient (Wildman–Crippen LogP) is 3.82. The van der Waals surface area contributed by atoms with Crippen LogP contribution >= 0.6 is 11.8 Å². The number of hydrogen-bond acceptors (Lipinski definition) is 5. The van der Waals surface area contributed by atoms with Gasteiger partial charge >= 0.3 is 0 Å². The van der Waals surface area contributed by atoms with Crippen LogP contribution in [0, 0.1) is 6.92 Å². The fraction of sp³-hybridized carbons (Fsp3) is 0.182. The number of nitrogens with one attached hydrogen (secondary N) is 3. The number of thioether (sulfide) groups is 1. The standard InChI is InChI=1S/C22H22N4O3S/c1-13-11-20(28)26-21(23-13)16-5-4-6-18(12-16)25-22(29)14(2)30-19-9-7-17(8-10-19)24-15(3)27/h4-12,14H,1-3H3,(H,24,27)(H,25,29)(H,23,26,28). The van der Waals surface area contributed by atoms with E-state index in [-0.39, 0.29) is 22.6 Å². The van der Waals surface area contributed by atoms with Crippen LogP contribution in [0.2, 0.25) is 0 Å². The first-order valence-corrected chi connectivity index (χ1v) is 10.2. The summed E-state index contributed by atoms with van der Waals surface area (Å²) in [6, 6.07) is 15.9. The summed E-state index contributed by atoms with van der Waals surface area (Å²) >= 11 is 1.42. The normalized spacial score (nSPS) is 11.6. The Bertz CT molecular complexity index is 1130. The Morgan fingerprint density at radius 2 is 1.77 bits per heavy atom. The molecule has 2 aromatic carbocycles. The predicted molar refractivity (Wildman–Crippen MR) is 120 cm³/mol. The lowest BCUT2D eigenvalue weighted by Gasteiger charge is -2.13. The molecule has 0 fully saturated rings. The van der Waals surface area contributed by atoms with E-state index in [1.165, 1.54) is 24.8 Å². The quantitative estimate of drug-likeness (QED) is 0.524. The van der Waals surface area contributed by atoms with Crippen LogP contribution in [0.15, 0.2) is 64.3 Å². The summed E-state index contributed by atoms with van der Waals surface area (Å²) in [5.41, 5.74) is 2.44. The number of carbonyl (C=O) groups is 2. The highest BCUT2D eigenvalue weighted by atomic mass is 32.2. The molecule has 8 heteroatoms. The fourth-order valence-corrected chi connectivity index (χ4v) is 3.65. The molecule has 2 amide bonds. The van der Waals surface area contributed by atoms with Crippen molar-refractivity contribution in [1.82, 2.24) is 9.97 Å². The van der Waals surface area contributed by atoms with E-state index in [4.69, 9.17) is 0 Å². The Labute approximate surface area is 178 Å². The van der Waals surface area contributed by atoms with E-state index in [1.807, 2.05) is 25.1 Å². The van der Waals surface area contributed by atoms with Gasteiger partial charge in [0.25, 0.3) is 5.56 Å². The number of aromatic nitrogens is 2. The van der Waals surface area contributed by atoms with E-state index in [2.05, 4.69) is 20.6 Å². The zero-order chi connectivity index (χ0) is 21.7. The molecule has 7 nitrogen and oxygen atoms in total. The summed E-state index contributed by atoms with van der Waals surface area (Å²) < 4.78 is 0. The Balaban J connectivity index is 1.66. The molecule has 1 aromatic heterocycles. The summed E-state index contributed by atoms with van der Waals surface area (Å²) in [4.78, 5) is 43.4. The second-order valence-corrected chi connectivity index (χ2v) is 8.19. The van der Waals surface area contributed by atoms with Gasteiger partial charge in [0, 0.05) is 40.5 Å². The minimum absolute atomic E-state index is 0.129. The molecule has 0 aliphatic carbocycles. The first-order valence-electron chi connectivity index (χ1n) is 9.34. The van der Waals surface area contributed by atoms with Gasteiger partial charge in [0.2, 0.25) is 11.8 Å². The maximum Gasteiger partial charge on any atom is 0.251 e. The molecule has 0 radical (unpaired) electrons. The van der Waals surface area contributed by atoms with Gasteiger partial charge in [-0.25, -0.2) is 4.98 Å². The highest BCUT2D eigenvalue weighted by Gasteiger charge is 2.15. The van der Waals surface area contributed by atoms with Crippen LogP contribution in [0.3, 0.4) is 0 Å². The molecule has 0 aliphatic heterocycles. The molecule has 0 saturated carbocycles. The fourth-order valence-electron chi connectivity index (χ4n) is 2.78. The maximum absolute atomic E-state index is 12.6. The second-order valence-electron chi connectivity index (χ2n) is 6.77. The number of H-pyrrole nitrogens is 1. The molecule has 3 N–H and O–H groups in total. The van der Waals surface area contributed by atoms with Gasteiger partial charge in [-0.3, -0.25) is 14.4 Å². The van der Waals surface area contributed by atoms with Gasteiger partial charge in [-0.1, -0.05) is 12.1 Å². The van der Waals surface area contributed by atoms with Crippen molar-refractivity contribution in [1.29, 1.82) is 0 Å². The van der Waals surface area contributed by atoms with Crippen molar-refractivity contribution in [3.63, 3.8) is 0 Å². The van der Waals surface area contributed by atoms with Gasteiger partial charge in [0.15, 0.2) is 0 Å². The van der Waals surface area contributed by atoms with Crippen molar-refractivity contribution in [3.8, 4) is 11.4 Å². The van der Waals surface area contributed by atoms with Crippen LogP contribution in [-0.4, -0.2) is 27.0 Å². The topological polar surface area (TPSA) is 104 Å². The number of hydrogen-bond donors (Lipinski definition) is 3. The lowest BCUT2D eigenvalue weighted by molar-refractivity contribution is -0.115. The van der Waals surface area contributed by atoms with Crippen LogP contribution in [-0.2, 0) is 9.59 Å². The van der Waals surface area contributed by atoms with Crippen molar-refractivity contribution in [2.45, 2.75) is 30.9 Å². The molecule has 1 atom stereocenters. The van der Waals surface area contributed by atoms with Crippen LogP contribution in [0.1, 0.15) is 19.5 Å². The highest BCUT2D eigenvalue weighted by molar-refractivity contribution is 8.00. The molecule has 154 valence electrons. The number of aryl methyl sites for hydroxylation is 1. The second kappa shape index (κ2) is 9.41. The molecule has 1 heterocycles. The minimum atomic E-state index is -0.336. The third kappa shape index (κ3) is 5.81. The minimum Gasteiger partial charge on any atom is -0.326 e. The summed E-state index contributed by atoms with van der Waals surface area (Å²) in [5, 5.41) is 5.28. The molecule has 3 aromatic rings. The van der Waals surface area contributed by atoms with Crippen LogP contribution in [0.4, 0.5) is 11.4 Å². The molecule has 0 bridgehead atoms. The molecule has 1 unspecified atom stereocenters. The molecule has 0 aliphatic rings. The first-order chi connectivity index (χ1) is 14.3. The van der Waals surface area contributed by atoms with E-state index in [0.717, 1.165) is 4.90 Å². The SMILES string of the molecule is CC(=O)Nc1ccc(SC(C)C(=O)Nc2cccc(-c3nc(C)cc(=O)[nH]3)c2)cc1. The number of nitrogens with zero attached hydrogens (tertiary/aromatic N) is 1. The Kier molecular flexibility index (Phi) is 6.68. The average Bonchev–Trinajstić information content (AvgIpc) is 2.68. The van der Waals surface area contributed by atoms with Gasteiger partial charge in [0.05, 0.1) is 5.25 Å². The van der Waals surface area contributed by atoms with E-state index >= 15 is 0 Å². The van der Waals surface area contributed by atoms with E-state index in [1.54, 1.807) is 37.3 Å². The number of anilines is 2. The smallest absolute Gasteiger partial charge is 0.251 e. The summed E-state index contributed by atoms with van der Waals surface area (Å²) in [6.07, 6.45) is 0. The van der Waals surface area contributed by atoms with Crippen molar-refractivity contribution < 1.29 is 9.59 Å². The molecule has 0 spiro atoms. The van der Waals surface area contributed by atoms with Gasteiger partial charge in [-0.05, 0) is 50.2 Å². The summed E-state index contributed by atoms with van der Waals surface area (Å²) in [5.74, 6) is 0.182. The zero-order valence-electron chi connectivity index (χ0n) is 16.9. The lowest BCUT2D eigenvalue weighted by atomic mass is 10.2. The largest absolute Gasteiger partial charge is 0.326 e. The van der Waals surface area contributed by atoms with Gasteiger partial charge < -0.3 is 15.6 Å². The summed E-state index contributed by atoms with van der Waals surface area (Å²) in [6.45, 7) is 5.04. The Morgan fingerprint density at radius 3 is 2.43 bits per heavy atom. The molecular weight excluding hydrogens is 400 g/mol. The highest BCUT2D eigenvalue weighted by Crippen LogP contribution is 2.26. The number of aromatic amines is 1. The maximum atomic E-state index is 12.6. The number of benzene rings is 2. The van der Waals surface area contributed by atoms with Crippen LogP contribution < -0.4 is 16.2 Å². The molecular formula is C22H22N4O3S. The van der Waals surface area contributed by atoms with Crippen LogP contribution in [0.25, 0.3) is 11.4 Å². The average molecular weight is 423 g/mol. The van der Waals surface area contributed by atoms with Gasteiger partial charge in [0.1, 0.15) is 5.82 Å². The lowest BCUT2D eigenvalue weighted by Crippen LogP contribution is -2.22. The van der Waals surface area contributed by atoms with Crippen LogP contribution in [0.5, 0.6) is 0 Å². The number of amides is 2. The van der Waals surface area contributed by atoms with E-state index < -0.39 is 0 Å². The van der Waals surface area contributed by atoms with Crippen molar-refractivity contribution in [2.24, 2.45) is 0 Å². The molecule has 3 rings (SSSR count). The van der Waals surface area contributed by atoms with Crippen molar-refractivity contribution in [3.05, 3.63) is 70.6 Å². The van der Waals surface area contributed by atoms with Crippen molar-refractivity contribution in [2.75, 3.05) is 10.6 Å². The first kappa shape index (κ1) is 21.3. The molecule has 0 saturated heterocycles. The zero-order valence-corrected chi connectivity index (χ0v) is 17.7. The number of rotatable bonds is 6. The Morgan fingerprint density at radius 1 is 1.03 bits per heavy atom. The molecule has 30 heavy (non-hydrogen) atoms. The summed E-state index contributed by atoms with van der Waals surface area (Å²) in [7, 11) is 0. The number of carbonyl (C=O) groups excluding carboxylic acids is 2. The van der Waals surface area contributed by atoms with Gasteiger partial charge in [-0.2, -0.15) is 0 Å². The van der Waals surface area contributed by atoms with E-state index in [9.17, 15) is 14.4 Å². The van der Waals surface area contributed by atoms with E-state index in [0.29, 0.717) is 28.5 Å².